The van der Waals surface area contributed by atoms with E-state index in [2.05, 4.69) is 82.7 Å². The van der Waals surface area contributed by atoms with Gasteiger partial charge >= 0.3 is 6.03 Å². The van der Waals surface area contributed by atoms with Gasteiger partial charge in [-0.2, -0.15) is 10.2 Å². The zero-order valence-electron chi connectivity index (χ0n) is 30.7. The van der Waals surface area contributed by atoms with Gasteiger partial charge in [0, 0.05) is 38.2 Å². The highest BCUT2D eigenvalue weighted by Gasteiger charge is 2.31. The fourth-order valence-electron chi connectivity index (χ4n) is 7.03. The van der Waals surface area contributed by atoms with Crippen molar-refractivity contribution in [3.05, 3.63) is 77.9 Å². The molecule has 2 aliphatic rings. The summed E-state index contributed by atoms with van der Waals surface area (Å²) in [6.45, 7) is 9.10. The molecule has 4 aromatic heterocycles. The fraction of sp³-hybridized carbons (Fsp3) is 0.459. The molecule has 0 saturated carbocycles. The van der Waals surface area contributed by atoms with Crippen LogP contribution in [0.2, 0.25) is 0 Å². The standard InChI is InChI=1S/C36H47N11O2.CH2O2/c1-36(2,3)31-19-33(47(42-31)25-20-37-44(6)22-25)39-34(48)38-29-12-13-30(28-10-8-7-9-27(28)29)49-26-11-14-32-40-41-35(46(32)23-26)45-17-15-24(16-18-45)21-43(4)5;2-1-3/h7-11,14,19-20,22-24,29-30H,12-13,15-18,21H2,1-6H3,(H2,38,39,48);1H,(H,2,3)/t29-,30+;/m0./s1. The Morgan fingerprint density at radius 1 is 1.04 bits per heavy atom. The van der Waals surface area contributed by atoms with Crippen LogP contribution in [-0.4, -0.2) is 90.4 Å². The lowest BCUT2D eigenvalue weighted by molar-refractivity contribution is -0.122. The molecule has 2 amide bonds. The van der Waals surface area contributed by atoms with Crippen molar-refractivity contribution < 1.29 is 19.4 Å². The molecule has 0 unspecified atom stereocenters. The molecule has 2 atom stereocenters. The van der Waals surface area contributed by atoms with E-state index in [0.29, 0.717) is 11.7 Å². The molecule has 15 nitrogen and oxygen atoms in total. The normalized spacial score (nSPS) is 17.7. The van der Waals surface area contributed by atoms with Gasteiger partial charge in [-0.05, 0) is 69.0 Å². The number of nitrogens with zero attached hydrogens (tertiary/aromatic N) is 9. The molecule has 276 valence electrons. The number of carbonyl (C=O) groups is 2. The Morgan fingerprint density at radius 3 is 2.44 bits per heavy atom. The summed E-state index contributed by atoms with van der Waals surface area (Å²) in [4.78, 5) is 26.5. The van der Waals surface area contributed by atoms with Gasteiger partial charge in [0.05, 0.1) is 30.3 Å². The third-order valence-corrected chi connectivity index (χ3v) is 9.55. The van der Waals surface area contributed by atoms with Gasteiger partial charge in [0.2, 0.25) is 5.95 Å². The number of aromatic nitrogens is 7. The summed E-state index contributed by atoms with van der Waals surface area (Å²) in [6, 6.07) is 13.6. The van der Waals surface area contributed by atoms with E-state index < -0.39 is 0 Å². The number of piperidine rings is 1. The van der Waals surface area contributed by atoms with Gasteiger partial charge in [-0.25, -0.2) is 9.48 Å². The van der Waals surface area contributed by atoms with E-state index in [1.807, 2.05) is 54.2 Å². The quantitative estimate of drug-likeness (QED) is 0.183. The van der Waals surface area contributed by atoms with E-state index in [4.69, 9.17) is 19.7 Å². The Bertz CT molecular complexity index is 1980. The summed E-state index contributed by atoms with van der Waals surface area (Å²) < 4.78 is 12.2. The zero-order valence-corrected chi connectivity index (χ0v) is 30.7. The van der Waals surface area contributed by atoms with Gasteiger partial charge in [0.15, 0.2) is 5.65 Å². The van der Waals surface area contributed by atoms with Crippen LogP contribution in [0.1, 0.15) is 75.4 Å². The maximum absolute atomic E-state index is 13.5. The smallest absolute Gasteiger partial charge is 0.320 e. The lowest BCUT2D eigenvalue weighted by atomic mass is 9.85. The number of carbonyl (C=O) groups excluding carboxylic acids is 1. The van der Waals surface area contributed by atoms with Gasteiger partial charge in [0.1, 0.15) is 23.4 Å². The fourth-order valence-corrected chi connectivity index (χ4v) is 7.03. The second-order valence-corrected chi connectivity index (χ2v) is 14.8. The molecule has 1 aliphatic heterocycles. The number of hydrogen-bond acceptors (Lipinski definition) is 9. The van der Waals surface area contributed by atoms with Crippen LogP contribution in [-0.2, 0) is 17.3 Å². The Hall–Kier alpha value is -5.44. The molecule has 0 radical (unpaired) electrons. The van der Waals surface area contributed by atoms with Crippen molar-refractivity contribution in [1.29, 1.82) is 0 Å². The van der Waals surface area contributed by atoms with Crippen molar-refractivity contribution in [1.82, 2.24) is 44.4 Å². The van der Waals surface area contributed by atoms with E-state index in [9.17, 15) is 4.79 Å². The second-order valence-electron chi connectivity index (χ2n) is 14.8. The Morgan fingerprint density at radius 2 is 1.77 bits per heavy atom. The van der Waals surface area contributed by atoms with Crippen molar-refractivity contribution in [3.63, 3.8) is 0 Å². The van der Waals surface area contributed by atoms with Gasteiger partial charge in [-0.1, -0.05) is 45.0 Å². The van der Waals surface area contributed by atoms with Crippen LogP contribution in [0.4, 0.5) is 16.6 Å². The SMILES string of the molecule is CN(C)CC1CCN(c2nnc3ccc(O[C@@H]4CC[C@H](NC(=O)Nc5cc(C(C)(C)C)nn5-c5cnn(C)c5)c5ccccc54)cn23)CC1.O=CO. The second kappa shape index (κ2) is 15.4. The predicted molar refractivity (Wildman–Crippen MR) is 198 cm³/mol. The number of nitrogens with one attached hydrogen (secondary N) is 2. The van der Waals surface area contributed by atoms with Crippen LogP contribution in [0.3, 0.4) is 0 Å². The van der Waals surface area contributed by atoms with Crippen molar-refractivity contribution in [2.45, 2.75) is 64.0 Å². The van der Waals surface area contributed by atoms with Crippen LogP contribution in [0.5, 0.6) is 5.75 Å². The molecule has 0 spiro atoms. The van der Waals surface area contributed by atoms with Crippen LogP contribution in [0.15, 0.2) is 61.1 Å². The molecule has 1 saturated heterocycles. The van der Waals surface area contributed by atoms with E-state index in [0.717, 1.165) is 85.2 Å². The molecule has 1 fully saturated rings. The summed E-state index contributed by atoms with van der Waals surface area (Å²) in [6.07, 6.45) is 9.21. The number of benzene rings is 1. The van der Waals surface area contributed by atoms with E-state index in [1.165, 1.54) is 0 Å². The minimum atomic E-state index is -0.291. The molecular formula is C37H49N11O4. The minimum Gasteiger partial charge on any atom is -0.484 e. The number of aryl methyl sites for hydroxylation is 1. The maximum Gasteiger partial charge on any atom is 0.320 e. The van der Waals surface area contributed by atoms with Gasteiger partial charge in [-0.15, -0.1) is 10.2 Å². The van der Waals surface area contributed by atoms with Crippen LogP contribution in [0.25, 0.3) is 11.3 Å². The van der Waals surface area contributed by atoms with Crippen LogP contribution < -0.4 is 20.3 Å². The van der Waals surface area contributed by atoms with Gasteiger partial charge in [0.25, 0.3) is 6.47 Å². The van der Waals surface area contributed by atoms with E-state index in [-0.39, 0.29) is 30.1 Å². The molecular weight excluding hydrogens is 662 g/mol. The van der Waals surface area contributed by atoms with E-state index in [1.54, 1.807) is 15.6 Å². The average Bonchev–Trinajstić information content (AvgIpc) is 3.84. The number of rotatable bonds is 8. The maximum atomic E-state index is 13.5. The molecule has 3 N–H and O–H groups in total. The van der Waals surface area contributed by atoms with E-state index >= 15 is 0 Å². The van der Waals surface area contributed by atoms with Crippen molar-refractivity contribution in [3.8, 4) is 11.4 Å². The summed E-state index contributed by atoms with van der Waals surface area (Å²) in [5, 5.41) is 31.3. The number of anilines is 2. The number of amides is 2. The monoisotopic (exact) mass is 711 g/mol. The Kier molecular flexibility index (Phi) is 10.8. The zero-order chi connectivity index (χ0) is 37.0. The Labute approximate surface area is 303 Å². The predicted octanol–water partition coefficient (Wildman–Crippen LogP) is 5.20. The lowest BCUT2D eigenvalue weighted by Gasteiger charge is -2.33. The summed E-state index contributed by atoms with van der Waals surface area (Å²) in [7, 11) is 6.14. The highest BCUT2D eigenvalue weighted by atomic mass is 16.5. The first kappa shape index (κ1) is 36.4. The first-order valence-corrected chi connectivity index (χ1v) is 17.7. The molecule has 1 aliphatic carbocycles. The summed E-state index contributed by atoms with van der Waals surface area (Å²) >= 11 is 0. The molecule has 0 bridgehead atoms. The number of hydrogen-bond donors (Lipinski definition) is 3. The van der Waals surface area contributed by atoms with Crippen molar-refractivity contribution >= 4 is 29.9 Å². The van der Waals surface area contributed by atoms with Crippen molar-refractivity contribution in [2.24, 2.45) is 13.0 Å². The molecule has 5 heterocycles. The third-order valence-electron chi connectivity index (χ3n) is 9.55. The van der Waals surface area contributed by atoms with Crippen LogP contribution >= 0.6 is 0 Å². The first-order chi connectivity index (χ1) is 24.9. The van der Waals surface area contributed by atoms with Crippen LogP contribution in [0, 0.1) is 5.92 Å². The number of ether oxygens (including phenoxy) is 1. The molecule has 7 rings (SSSR count). The lowest BCUT2D eigenvalue weighted by Crippen LogP contribution is -2.38. The highest BCUT2D eigenvalue weighted by molar-refractivity contribution is 5.89. The average molecular weight is 712 g/mol. The molecule has 1 aromatic carbocycles. The summed E-state index contributed by atoms with van der Waals surface area (Å²) in [5.41, 5.74) is 4.38. The highest BCUT2D eigenvalue weighted by Crippen LogP contribution is 2.39. The third kappa shape index (κ3) is 8.20. The number of pyridine rings is 1. The first-order valence-electron chi connectivity index (χ1n) is 17.7. The number of carboxylic acid groups (broad SMARTS) is 1. The van der Waals surface area contributed by atoms with Gasteiger partial charge < -0.3 is 25.0 Å². The van der Waals surface area contributed by atoms with Gasteiger partial charge in [-0.3, -0.25) is 19.2 Å². The molecule has 52 heavy (non-hydrogen) atoms. The minimum absolute atomic E-state index is 0.155. The number of fused-ring (bicyclic) bond motifs is 2. The van der Waals surface area contributed by atoms with Crippen molar-refractivity contribution in [2.75, 3.05) is 43.9 Å². The molecule has 5 aromatic rings. The topological polar surface area (TPSA) is 160 Å². The molecule has 15 heteroatoms. The number of urea groups is 1. The Balaban J connectivity index is 0.00000150. The largest absolute Gasteiger partial charge is 0.484 e. The summed E-state index contributed by atoms with van der Waals surface area (Å²) in [5.74, 6) is 2.92.